The van der Waals surface area contributed by atoms with Crippen molar-refractivity contribution in [2.24, 2.45) is 5.92 Å². The lowest BCUT2D eigenvalue weighted by Crippen LogP contribution is -2.53. The molecule has 126 valence electrons. The zero-order chi connectivity index (χ0) is 17.0. The van der Waals surface area contributed by atoms with Crippen molar-refractivity contribution in [3.05, 3.63) is 0 Å². The maximum atomic E-state index is 12.0. The molecule has 0 bridgehead atoms. The van der Waals surface area contributed by atoms with Crippen molar-refractivity contribution in [2.75, 3.05) is 14.2 Å². The minimum Gasteiger partial charge on any atom is -0.468 e. The molecule has 2 atom stereocenters. The highest BCUT2D eigenvalue weighted by Gasteiger charge is 2.69. The van der Waals surface area contributed by atoms with E-state index in [-0.39, 0.29) is 6.42 Å². The molecule has 0 aromatic heterocycles. The molecule has 0 radical (unpaired) electrons. The third kappa shape index (κ3) is 2.96. The summed E-state index contributed by atoms with van der Waals surface area (Å²) >= 11 is 0. The fraction of sp³-hybridized carbons (Fsp3) is 0.800. The highest BCUT2D eigenvalue weighted by molar-refractivity contribution is 6.83. The van der Waals surface area contributed by atoms with E-state index in [1.54, 1.807) is 0 Å². The number of hydrogen-bond donors (Lipinski definition) is 0. The summed E-state index contributed by atoms with van der Waals surface area (Å²) in [4.78, 5) is 35.2. The molecule has 1 aliphatic rings. The Kier molecular flexibility index (Phi) is 6.31. The van der Waals surface area contributed by atoms with Gasteiger partial charge in [-0.1, -0.05) is 38.9 Å². The summed E-state index contributed by atoms with van der Waals surface area (Å²) in [6, 6.07) is 2.79. The predicted molar refractivity (Wildman–Crippen MR) is 83.0 cm³/mol. The lowest BCUT2D eigenvalue weighted by atomic mass is 10.0. The van der Waals surface area contributed by atoms with Gasteiger partial charge in [0.25, 0.3) is 0 Å². The molecule has 1 heterocycles. The van der Waals surface area contributed by atoms with Crippen LogP contribution in [0.15, 0.2) is 0 Å². The van der Waals surface area contributed by atoms with Crippen molar-refractivity contribution in [2.45, 2.75) is 56.7 Å². The van der Waals surface area contributed by atoms with Crippen LogP contribution in [0.1, 0.15) is 27.2 Å². The zero-order valence-electron chi connectivity index (χ0n) is 14.0. The minimum absolute atomic E-state index is 0.164. The number of aldehydes is 1. The second-order valence-electron chi connectivity index (χ2n) is 5.71. The summed E-state index contributed by atoms with van der Waals surface area (Å²) in [6.07, 6.45) is 0.419. The molecule has 1 rings (SSSR count). The van der Waals surface area contributed by atoms with Crippen LogP contribution in [0.25, 0.3) is 0 Å². The number of epoxide rings is 1. The van der Waals surface area contributed by atoms with Gasteiger partial charge in [-0.25, -0.2) is 0 Å². The standard InChI is InChI=1S/C15H26O6Si/c1-6-22(7-2,8-3)15(12(10-16)21-15)9-11(13(17)19-4)14(18)20-5/h10-12H,6-9H2,1-5H3/t12-,15-/m1/s1. The monoisotopic (exact) mass is 330 g/mol. The van der Waals surface area contributed by atoms with Gasteiger partial charge < -0.3 is 19.0 Å². The van der Waals surface area contributed by atoms with Gasteiger partial charge in [0.15, 0.2) is 12.2 Å². The van der Waals surface area contributed by atoms with Crippen LogP contribution in [-0.2, 0) is 28.6 Å². The lowest BCUT2D eigenvalue weighted by Gasteiger charge is -2.36. The van der Waals surface area contributed by atoms with Crippen LogP contribution in [0.5, 0.6) is 0 Å². The summed E-state index contributed by atoms with van der Waals surface area (Å²) in [5, 5.41) is -0.667. The number of rotatable bonds is 9. The molecule has 1 saturated heterocycles. The zero-order valence-corrected chi connectivity index (χ0v) is 15.0. The van der Waals surface area contributed by atoms with Crippen LogP contribution < -0.4 is 0 Å². The van der Waals surface area contributed by atoms with E-state index in [9.17, 15) is 14.4 Å². The normalized spacial score (nSPS) is 24.0. The number of ether oxygens (including phenoxy) is 3. The average Bonchev–Trinajstić information content (AvgIpc) is 3.28. The largest absolute Gasteiger partial charge is 0.468 e. The van der Waals surface area contributed by atoms with E-state index in [4.69, 9.17) is 14.2 Å². The molecule has 0 aromatic carbocycles. The fourth-order valence-corrected chi connectivity index (χ4v) is 8.62. The third-order valence-electron chi connectivity index (χ3n) is 5.27. The van der Waals surface area contributed by atoms with Gasteiger partial charge >= 0.3 is 11.9 Å². The first-order chi connectivity index (χ1) is 10.4. The van der Waals surface area contributed by atoms with E-state index in [0.29, 0.717) is 0 Å². The summed E-state index contributed by atoms with van der Waals surface area (Å²) in [5.74, 6) is -2.33. The number of carbonyl (C=O) groups is 3. The first-order valence-electron chi connectivity index (χ1n) is 7.70. The number of carbonyl (C=O) groups excluding carboxylic acids is 3. The Morgan fingerprint density at radius 2 is 1.59 bits per heavy atom. The Balaban J connectivity index is 3.18. The van der Waals surface area contributed by atoms with E-state index >= 15 is 0 Å². The Morgan fingerprint density at radius 1 is 1.14 bits per heavy atom. The van der Waals surface area contributed by atoms with Crippen LogP contribution >= 0.6 is 0 Å². The van der Waals surface area contributed by atoms with Crippen molar-refractivity contribution in [3.63, 3.8) is 0 Å². The van der Waals surface area contributed by atoms with Crippen LogP contribution in [0.4, 0.5) is 0 Å². The summed E-state index contributed by atoms with van der Waals surface area (Å²) in [5.41, 5.74) is 0. The smallest absolute Gasteiger partial charge is 0.320 e. The van der Waals surface area contributed by atoms with Crippen molar-refractivity contribution >= 4 is 26.3 Å². The van der Waals surface area contributed by atoms with E-state index in [0.717, 1.165) is 24.4 Å². The molecule has 1 aliphatic heterocycles. The predicted octanol–water partition coefficient (Wildman–Crippen LogP) is 1.72. The van der Waals surface area contributed by atoms with Crippen molar-refractivity contribution in [1.29, 1.82) is 0 Å². The van der Waals surface area contributed by atoms with Crippen LogP contribution in [0.2, 0.25) is 18.1 Å². The quantitative estimate of drug-likeness (QED) is 0.210. The van der Waals surface area contributed by atoms with E-state index < -0.39 is 37.3 Å². The molecule has 6 nitrogen and oxygen atoms in total. The molecule has 0 aliphatic carbocycles. The SMILES string of the molecule is CC[Si](CC)(CC)[C@@]1(CC(C(=O)OC)C(=O)OC)O[C@@H]1C=O. The van der Waals surface area contributed by atoms with Crippen molar-refractivity contribution < 1.29 is 28.6 Å². The second kappa shape index (κ2) is 7.37. The third-order valence-corrected chi connectivity index (χ3v) is 11.7. The van der Waals surface area contributed by atoms with Gasteiger partial charge in [0.2, 0.25) is 0 Å². The van der Waals surface area contributed by atoms with Gasteiger partial charge in [0.05, 0.1) is 27.5 Å². The molecule has 0 aromatic rings. The second-order valence-corrected chi connectivity index (χ2v) is 11.2. The van der Waals surface area contributed by atoms with Gasteiger partial charge in [-0.3, -0.25) is 9.59 Å². The molecule has 1 fully saturated rings. The van der Waals surface area contributed by atoms with Gasteiger partial charge in [-0.15, -0.1) is 0 Å². The lowest BCUT2D eigenvalue weighted by molar-refractivity contribution is -0.159. The van der Waals surface area contributed by atoms with E-state index in [2.05, 4.69) is 20.8 Å². The molecule has 22 heavy (non-hydrogen) atoms. The van der Waals surface area contributed by atoms with Crippen LogP contribution in [0.3, 0.4) is 0 Å². The summed E-state index contributed by atoms with van der Waals surface area (Å²) < 4.78 is 15.2. The minimum atomic E-state index is -1.97. The average molecular weight is 330 g/mol. The maximum absolute atomic E-state index is 12.0. The summed E-state index contributed by atoms with van der Waals surface area (Å²) in [6.45, 7) is 6.28. The first kappa shape index (κ1) is 18.8. The van der Waals surface area contributed by atoms with Gasteiger partial charge in [0.1, 0.15) is 6.10 Å². The number of methoxy groups -OCH3 is 2. The van der Waals surface area contributed by atoms with E-state index in [1.807, 2.05) is 0 Å². The molecular weight excluding hydrogens is 304 g/mol. The maximum Gasteiger partial charge on any atom is 0.320 e. The fourth-order valence-electron chi connectivity index (χ4n) is 3.64. The molecule has 0 N–H and O–H groups in total. The van der Waals surface area contributed by atoms with Crippen molar-refractivity contribution in [1.82, 2.24) is 0 Å². The Bertz CT molecular complexity index is 409. The van der Waals surface area contributed by atoms with Crippen LogP contribution in [-0.4, -0.2) is 51.8 Å². The first-order valence-corrected chi connectivity index (χ1v) is 10.3. The van der Waals surface area contributed by atoms with E-state index in [1.165, 1.54) is 14.2 Å². The number of hydrogen-bond acceptors (Lipinski definition) is 6. The van der Waals surface area contributed by atoms with Gasteiger partial charge in [0, 0.05) is 6.42 Å². The molecule has 0 unspecified atom stereocenters. The molecule has 0 spiro atoms. The Labute approximate surface area is 132 Å². The molecule has 0 saturated carbocycles. The highest BCUT2D eigenvalue weighted by atomic mass is 28.3. The molecule has 7 heteroatoms. The number of esters is 2. The highest BCUT2D eigenvalue weighted by Crippen LogP contribution is 2.52. The molecular formula is C15H26O6Si. The molecule has 0 amide bonds. The van der Waals surface area contributed by atoms with Gasteiger partial charge in [-0.2, -0.15) is 0 Å². The Morgan fingerprint density at radius 3 is 1.86 bits per heavy atom. The topological polar surface area (TPSA) is 82.2 Å². The van der Waals surface area contributed by atoms with Crippen LogP contribution in [0, 0.1) is 5.92 Å². The van der Waals surface area contributed by atoms with Crippen molar-refractivity contribution in [3.8, 4) is 0 Å². The van der Waals surface area contributed by atoms with Gasteiger partial charge in [-0.05, 0) is 0 Å². The summed E-state index contributed by atoms with van der Waals surface area (Å²) in [7, 11) is 0.505. The Hall–Kier alpha value is -1.21.